The molecular formula is C15H20N4. The lowest BCUT2D eigenvalue weighted by atomic mass is 9.92. The summed E-state index contributed by atoms with van der Waals surface area (Å²) < 4.78 is 0. The van der Waals surface area contributed by atoms with E-state index in [2.05, 4.69) is 22.2 Å². The average Bonchev–Trinajstić information content (AvgIpc) is 2.98. The predicted molar refractivity (Wildman–Crippen MR) is 75.8 cm³/mol. The third-order valence-electron chi connectivity index (χ3n) is 3.66. The van der Waals surface area contributed by atoms with E-state index in [1.807, 2.05) is 24.5 Å². The van der Waals surface area contributed by atoms with Crippen LogP contribution in [-0.4, -0.2) is 21.5 Å². The molecular weight excluding hydrogens is 236 g/mol. The number of fused-ring (bicyclic) bond motifs is 1. The van der Waals surface area contributed by atoms with Crippen LogP contribution >= 0.6 is 0 Å². The molecule has 1 unspecified atom stereocenters. The molecule has 2 aromatic rings. The van der Waals surface area contributed by atoms with Gasteiger partial charge in [0, 0.05) is 29.7 Å². The molecule has 4 heteroatoms. The second-order valence-corrected chi connectivity index (χ2v) is 5.08. The van der Waals surface area contributed by atoms with Gasteiger partial charge >= 0.3 is 0 Å². The van der Waals surface area contributed by atoms with Crippen LogP contribution in [0.5, 0.6) is 0 Å². The first-order chi connectivity index (χ1) is 9.38. The van der Waals surface area contributed by atoms with E-state index >= 15 is 0 Å². The van der Waals surface area contributed by atoms with Crippen molar-refractivity contribution in [2.75, 3.05) is 6.54 Å². The Labute approximate surface area is 113 Å². The minimum Gasteiger partial charge on any atom is -0.359 e. The van der Waals surface area contributed by atoms with E-state index in [1.165, 1.54) is 24.1 Å². The van der Waals surface area contributed by atoms with E-state index in [-0.39, 0.29) is 0 Å². The topological polar surface area (TPSA) is 53.6 Å². The Hall–Kier alpha value is -1.68. The van der Waals surface area contributed by atoms with Gasteiger partial charge in [-0.2, -0.15) is 0 Å². The van der Waals surface area contributed by atoms with E-state index in [4.69, 9.17) is 4.98 Å². The molecule has 100 valence electrons. The summed E-state index contributed by atoms with van der Waals surface area (Å²) in [4.78, 5) is 12.4. The van der Waals surface area contributed by atoms with Gasteiger partial charge in [-0.05, 0) is 44.4 Å². The number of H-pyrrole nitrogens is 1. The largest absolute Gasteiger partial charge is 0.359 e. The monoisotopic (exact) mass is 256 g/mol. The maximum absolute atomic E-state index is 4.73. The van der Waals surface area contributed by atoms with E-state index in [0.717, 1.165) is 30.9 Å². The maximum Gasteiger partial charge on any atom is 0.176 e. The normalized spacial score (nSPS) is 18.3. The highest BCUT2D eigenvalue weighted by Gasteiger charge is 2.21. The number of hydrogen-bond donors (Lipinski definition) is 2. The van der Waals surface area contributed by atoms with Crippen LogP contribution in [0.1, 0.15) is 43.5 Å². The van der Waals surface area contributed by atoms with Gasteiger partial charge in [-0.1, -0.05) is 6.92 Å². The van der Waals surface area contributed by atoms with Gasteiger partial charge < -0.3 is 10.3 Å². The molecule has 2 N–H and O–H groups in total. The van der Waals surface area contributed by atoms with Crippen molar-refractivity contribution >= 4 is 0 Å². The summed E-state index contributed by atoms with van der Waals surface area (Å²) in [5.74, 6) is 0.805. The molecule has 1 aliphatic carbocycles. The number of aromatic nitrogens is 3. The van der Waals surface area contributed by atoms with Crippen LogP contribution in [0.25, 0.3) is 11.5 Å². The summed E-state index contributed by atoms with van der Waals surface area (Å²) in [5, 5.41) is 3.59. The molecule has 4 nitrogen and oxygen atoms in total. The van der Waals surface area contributed by atoms with Gasteiger partial charge in [0.1, 0.15) is 0 Å². The quantitative estimate of drug-likeness (QED) is 0.884. The van der Waals surface area contributed by atoms with Gasteiger partial charge in [0.15, 0.2) is 5.82 Å². The van der Waals surface area contributed by atoms with E-state index in [1.54, 1.807) is 0 Å². The summed E-state index contributed by atoms with van der Waals surface area (Å²) in [6, 6.07) is 4.42. The molecule has 2 heterocycles. The second-order valence-electron chi connectivity index (χ2n) is 5.08. The van der Waals surface area contributed by atoms with Crippen molar-refractivity contribution < 1.29 is 0 Å². The van der Waals surface area contributed by atoms with Crippen LogP contribution < -0.4 is 5.32 Å². The summed E-state index contributed by atoms with van der Waals surface area (Å²) in [6.45, 7) is 3.25. The minimum atomic E-state index is 0.432. The van der Waals surface area contributed by atoms with Gasteiger partial charge in [0.05, 0.1) is 5.69 Å². The Morgan fingerprint density at radius 2 is 2.42 bits per heavy atom. The molecule has 2 aromatic heterocycles. The standard InChI is InChI=1S/C15H20N4/c1-2-8-16-12-5-3-6-13-11(12)10-18-15(19-13)14-7-4-9-17-14/h4,7,9-10,12,16-17H,2-3,5-6,8H2,1H3. The molecule has 0 spiro atoms. The zero-order chi connectivity index (χ0) is 13.1. The number of hydrogen-bond acceptors (Lipinski definition) is 3. The lowest BCUT2D eigenvalue weighted by Crippen LogP contribution is -2.26. The number of aromatic amines is 1. The van der Waals surface area contributed by atoms with Crippen molar-refractivity contribution in [3.8, 4) is 11.5 Å². The molecule has 0 radical (unpaired) electrons. The Balaban J connectivity index is 1.88. The first kappa shape index (κ1) is 12.4. The first-order valence-electron chi connectivity index (χ1n) is 7.11. The lowest BCUT2D eigenvalue weighted by molar-refractivity contribution is 0.453. The van der Waals surface area contributed by atoms with Crippen molar-refractivity contribution in [1.29, 1.82) is 0 Å². The second kappa shape index (κ2) is 5.53. The van der Waals surface area contributed by atoms with Crippen molar-refractivity contribution in [1.82, 2.24) is 20.3 Å². The molecule has 0 saturated heterocycles. The van der Waals surface area contributed by atoms with Crippen LogP contribution in [0.3, 0.4) is 0 Å². The van der Waals surface area contributed by atoms with Crippen LogP contribution in [0.2, 0.25) is 0 Å². The maximum atomic E-state index is 4.73. The molecule has 1 aliphatic rings. The molecule has 0 aliphatic heterocycles. The fourth-order valence-electron chi connectivity index (χ4n) is 2.68. The predicted octanol–water partition coefficient (Wildman–Crippen LogP) is 2.85. The third-order valence-corrected chi connectivity index (χ3v) is 3.66. The van der Waals surface area contributed by atoms with Gasteiger partial charge in [-0.25, -0.2) is 9.97 Å². The lowest BCUT2D eigenvalue weighted by Gasteiger charge is -2.25. The third kappa shape index (κ3) is 2.54. The van der Waals surface area contributed by atoms with Crippen molar-refractivity contribution in [2.45, 2.75) is 38.6 Å². The molecule has 0 amide bonds. The first-order valence-corrected chi connectivity index (χ1v) is 7.11. The van der Waals surface area contributed by atoms with Gasteiger partial charge in [-0.15, -0.1) is 0 Å². The Bertz CT molecular complexity index is 533. The van der Waals surface area contributed by atoms with Crippen LogP contribution in [-0.2, 0) is 6.42 Å². The van der Waals surface area contributed by atoms with Crippen LogP contribution in [0.15, 0.2) is 24.5 Å². The molecule has 0 saturated carbocycles. The SMILES string of the molecule is CCCNC1CCCc2nc(-c3ccc[nH]3)ncc21. The van der Waals surface area contributed by atoms with Crippen molar-refractivity contribution in [3.05, 3.63) is 35.8 Å². The Morgan fingerprint density at radius 3 is 3.21 bits per heavy atom. The summed E-state index contributed by atoms with van der Waals surface area (Å²) in [5.41, 5.74) is 3.49. The molecule has 0 bridgehead atoms. The summed E-state index contributed by atoms with van der Waals surface area (Å²) in [6.07, 6.45) is 8.53. The van der Waals surface area contributed by atoms with Gasteiger partial charge in [0.2, 0.25) is 0 Å². The zero-order valence-corrected chi connectivity index (χ0v) is 11.3. The minimum absolute atomic E-state index is 0.432. The Morgan fingerprint density at radius 1 is 1.47 bits per heavy atom. The molecule has 3 rings (SSSR count). The number of aryl methyl sites for hydroxylation is 1. The molecule has 0 fully saturated rings. The Kier molecular flexibility index (Phi) is 3.60. The molecule has 0 aromatic carbocycles. The summed E-state index contributed by atoms with van der Waals surface area (Å²) >= 11 is 0. The number of nitrogens with one attached hydrogen (secondary N) is 2. The van der Waals surface area contributed by atoms with E-state index in [0.29, 0.717) is 6.04 Å². The molecule has 19 heavy (non-hydrogen) atoms. The van der Waals surface area contributed by atoms with Gasteiger partial charge in [0.25, 0.3) is 0 Å². The average molecular weight is 256 g/mol. The highest BCUT2D eigenvalue weighted by molar-refractivity contribution is 5.49. The highest BCUT2D eigenvalue weighted by atomic mass is 15.0. The fraction of sp³-hybridized carbons (Fsp3) is 0.467. The summed E-state index contributed by atoms with van der Waals surface area (Å²) in [7, 11) is 0. The smallest absolute Gasteiger partial charge is 0.176 e. The molecule has 1 atom stereocenters. The van der Waals surface area contributed by atoms with Gasteiger partial charge in [-0.3, -0.25) is 0 Å². The fourth-order valence-corrected chi connectivity index (χ4v) is 2.68. The van der Waals surface area contributed by atoms with Crippen LogP contribution in [0, 0.1) is 0 Å². The van der Waals surface area contributed by atoms with E-state index < -0.39 is 0 Å². The van der Waals surface area contributed by atoms with Crippen molar-refractivity contribution in [2.24, 2.45) is 0 Å². The van der Waals surface area contributed by atoms with Crippen molar-refractivity contribution in [3.63, 3.8) is 0 Å². The van der Waals surface area contributed by atoms with E-state index in [9.17, 15) is 0 Å². The number of nitrogens with zero attached hydrogens (tertiary/aromatic N) is 2. The zero-order valence-electron chi connectivity index (χ0n) is 11.3. The highest BCUT2D eigenvalue weighted by Crippen LogP contribution is 2.29. The number of rotatable bonds is 4. The van der Waals surface area contributed by atoms with Crippen LogP contribution in [0.4, 0.5) is 0 Å².